The van der Waals surface area contributed by atoms with Crippen LogP contribution in [0.5, 0.6) is 0 Å². The highest BCUT2D eigenvalue weighted by molar-refractivity contribution is 5.94. The lowest BCUT2D eigenvalue weighted by atomic mass is 9.99. The largest absolute Gasteiger partial charge is 0.391 e. The molecule has 122 valence electrons. The lowest BCUT2D eigenvalue weighted by Gasteiger charge is -2.24. The number of hydrogen-bond acceptors (Lipinski definition) is 8. The molecule has 0 saturated carbocycles. The average molecular weight is 314 g/mol. The van der Waals surface area contributed by atoms with Crippen molar-refractivity contribution in [2.45, 2.75) is 37.8 Å². The van der Waals surface area contributed by atoms with Crippen LogP contribution in [-0.4, -0.2) is 66.6 Å². The molecule has 1 rings (SSSR count). The van der Waals surface area contributed by atoms with Crippen LogP contribution in [0.4, 0.5) is 0 Å². The van der Waals surface area contributed by atoms with E-state index in [2.05, 4.69) is 9.97 Å². The highest BCUT2D eigenvalue weighted by Gasteiger charge is 2.30. The first kappa shape index (κ1) is 17.9. The van der Waals surface area contributed by atoms with Crippen molar-refractivity contribution in [3.8, 4) is 0 Å². The second-order valence-corrected chi connectivity index (χ2v) is 4.77. The topological polar surface area (TPSA) is 193 Å². The molecule has 0 fully saturated rings. The van der Waals surface area contributed by atoms with Crippen LogP contribution in [0.15, 0.2) is 6.20 Å². The summed E-state index contributed by atoms with van der Waals surface area (Å²) in [6.07, 6.45) is -5.67. The van der Waals surface area contributed by atoms with Gasteiger partial charge in [0.2, 0.25) is 0 Å². The van der Waals surface area contributed by atoms with E-state index in [-0.39, 0.29) is 17.1 Å². The third-order valence-electron chi connectivity index (χ3n) is 2.97. The van der Waals surface area contributed by atoms with E-state index >= 15 is 0 Å². The van der Waals surface area contributed by atoms with E-state index in [0.717, 1.165) is 6.20 Å². The summed E-state index contributed by atoms with van der Waals surface area (Å²) in [7, 11) is 0. The third-order valence-corrected chi connectivity index (χ3v) is 2.97. The Morgan fingerprint density at radius 1 is 1.14 bits per heavy atom. The quantitative estimate of drug-likeness (QED) is 0.301. The Bertz CT molecular complexity index is 565. The Balaban J connectivity index is 3.06. The zero-order valence-electron chi connectivity index (χ0n) is 11.7. The highest BCUT2D eigenvalue weighted by Crippen LogP contribution is 2.12. The number of nitrogens with zero attached hydrogens (tertiary/aromatic N) is 2. The van der Waals surface area contributed by atoms with Gasteiger partial charge in [0, 0.05) is 6.42 Å². The first-order valence-corrected chi connectivity index (χ1v) is 6.33. The number of carbonyl (C=O) groups excluding carboxylic acids is 2. The Morgan fingerprint density at radius 2 is 1.73 bits per heavy atom. The number of nitrogens with two attached hydrogens (primary N) is 2. The summed E-state index contributed by atoms with van der Waals surface area (Å²) in [5, 5.41) is 38.3. The van der Waals surface area contributed by atoms with Gasteiger partial charge in [-0.25, -0.2) is 9.97 Å². The molecule has 1 heterocycles. The van der Waals surface area contributed by atoms with Gasteiger partial charge in [-0.05, 0) is 6.92 Å². The fraction of sp³-hybridized carbons (Fsp3) is 0.500. The molecule has 8 N–H and O–H groups in total. The van der Waals surface area contributed by atoms with Crippen molar-refractivity contribution >= 4 is 11.8 Å². The van der Waals surface area contributed by atoms with Crippen molar-refractivity contribution in [2.24, 2.45) is 11.5 Å². The number of rotatable bonds is 7. The molecule has 0 bridgehead atoms. The van der Waals surface area contributed by atoms with Crippen LogP contribution in [-0.2, 0) is 6.42 Å². The second-order valence-electron chi connectivity index (χ2n) is 4.77. The number of carbonyl (C=O) groups is 2. The summed E-state index contributed by atoms with van der Waals surface area (Å²) in [6.45, 7) is 1.23. The summed E-state index contributed by atoms with van der Waals surface area (Å²) < 4.78 is 0. The van der Waals surface area contributed by atoms with Gasteiger partial charge in [-0.1, -0.05) is 0 Å². The maximum Gasteiger partial charge on any atom is 0.269 e. The van der Waals surface area contributed by atoms with E-state index in [9.17, 15) is 30.0 Å². The number of hydrogen-bond donors (Lipinski definition) is 6. The number of amides is 2. The van der Waals surface area contributed by atoms with Crippen LogP contribution in [0, 0.1) is 0 Å². The molecule has 4 atom stereocenters. The molecule has 0 saturated heterocycles. The first-order valence-electron chi connectivity index (χ1n) is 6.33. The van der Waals surface area contributed by atoms with Crippen LogP contribution in [0.25, 0.3) is 0 Å². The monoisotopic (exact) mass is 314 g/mol. The minimum atomic E-state index is -1.71. The summed E-state index contributed by atoms with van der Waals surface area (Å²) in [5.41, 5.74) is 9.44. The lowest BCUT2D eigenvalue weighted by Crippen LogP contribution is -2.44. The van der Waals surface area contributed by atoms with Crippen LogP contribution in [0.3, 0.4) is 0 Å². The normalized spacial score (nSPS) is 16.6. The molecule has 10 nitrogen and oxygen atoms in total. The number of aliphatic hydroxyl groups excluding tert-OH is 4. The van der Waals surface area contributed by atoms with Gasteiger partial charge >= 0.3 is 0 Å². The summed E-state index contributed by atoms with van der Waals surface area (Å²) in [4.78, 5) is 29.8. The van der Waals surface area contributed by atoms with E-state index in [0.29, 0.717) is 0 Å². The van der Waals surface area contributed by atoms with E-state index in [4.69, 9.17) is 11.5 Å². The summed E-state index contributed by atoms with van der Waals surface area (Å²) in [6, 6.07) is 0. The fourth-order valence-electron chi connectivity index (χ4n) is 1.73. The molecule has 1 aromatic heterocycles. The minimum absolute atomic E-state index is 0.159. The molecule has 0 spiro atoms. The molecule has 0 aliphatic carbocycles. The first-order chi connectivity index (χ1) is 10.1. The maximum atomic E-state index is 11.3. The van der Waals surface area contributed by atoms with Gasteiger partial charge in [0.25, 0.3) is 11.8 Å². The third kappa shape index (κ3) is 4.18. The minimum Gasteiger partial charge on any atom is -0.391 e. The molecule has 0 aliphatic heterocycles. The van der Waals surface area contributed by atoms with Gasteiger partial charge in [0.05, 0.1) is 24.1 Å². The number of primary amides is 2. The molecular formula is C12H18N4O6. The van der Waals surface area contributed by atoms with Crippen LogP contribution in [0.1, 0.15) is 33.6 Å². The van der Waals surface area contributed by atoms with Gasteiger partial charge in [-0.3, -0.25) is 9.59 Å². The average Bonchev–Trinajstić information content (AvgIpc) is 2.44. The predicted octanol–water partition coefficient (Wildman–Crippen LogP) is -3.32. The molecule has 0 radical (unpaired) electrons. The zero-order valence-corrected chi connectivity index (χ0v) is 11.7. The van der Waals surface area contributed by atoms with E-state index in [1.165, 1.54) is 6.92 Å². The standard InChI is InChI=1S/C12H18N4O6/c1-4(17)9(19)10(20)7(18)2-5-8(12(14)22)15-3-6(16-5)11(13)21/h3-4,7,9-10,17-20H,2H2,1H3,(H2,13,21)(H2,14,22)/t4-,7+,9-,10-/m1/s1. The molecule has 2 amide bonds. The SMILES string of the molecule is C[C@@H](O)[C@@H](O)[C@H](O)[C@@H](O)Cc1nc(C(N)=O)cnc1C(N)=O. The molecule has 22 heavy (non-hydrogen) atoms. The van der Waals surface area contributed by atoms with Crippen molar-refractivity contribution in [3.63, 3.8) is 0 Å². The second kappa shape index (κ2) is 7.22. The molecule has 0 aliphatic rings. The predicted molar refractivity (Wildman–Crippen MR) is 72.5 cm³/mol. The fourth-order valence-corrected chi connectivity index (χ4v) is 1.73. The van der Waals surface area contributed by atoms with Crippen molar-refractivity contribution < 1.29 is 30.0 Å². The Hall–Kier alpha value is -2.14. The van der Waals surface area contributed by atoms with Crippen molar-refractivity contribution in [2.75, 3.05) is 0 Å². The Labute approximate surface area is 125 Å². The van der Waals surface area contributed by atoms with Crippen molar-refractivity contribution in [1.82, 2.24) is 9.97 Å². The summed E-state index contributed by atoms with van der Waals surface area (Å²) in [5.74, 6) is -1.85. The summed E-state index contributed by atoms with van der Waals surface area (Å²) >= 11 is 0. The van der Waals surface area contributed by atoms with E-state index in [1.54, 1.807) is 0 Å². The number of aliphatic hydroxyl groups is 4. The van der Waals surface area contributed by atoms with Gasteiger partial charge in [-0.15, -0.1) is 0 Å². The lowest BCUT2D eigenvalue weighted by molar-refractivity contribution is -0.0994. The molecule has 10 heteroatoms. The van der Waals surface area contributed by atoms with Crippen LogP contribution >= 0.6 is 0 Å². The van der Waals surface area contributed by atoms with Gasteiger partial charge < -0.3 is 31.9 Å². The smallest absolute Gasteiger partial charge is 0.269 e. The van der Waals surface area contributed by atoms with E-state index < -0.39 is 42.7 Å². The van der Waals surface area contributed by atoms with Gasteiger partial charge in [0.1, 0.15) is 23.6 Å². The van der Waals surface area contributed by atoms with E-state index in [1.807, 2.05) is 0 Å². The molecule has 0 unspecified atom stereocenters. The van der Waals surface area contributed by atoms with Crippen molar-refractivity contribution in [3.05, 3.63) is 23.3 Å². The molecular weight excluding hydrogens is 296 g/mol. The Morgan fingerprint density at radius 3 is 2.18 bits per heavy atom. The van der Waals surface area contributed by atoms with Crippen LogP contribution in [0.2, 0.25) is 0 Å². The highest BCUT2D eigenvalue weighted by atomic mass is 16.4. The van der Waals surface area contributed by atoms with Crippen molar-refractivity contribution in [1.29, 1.82) is 0 Å². The zero-order chi connectivity index (χ0) is 17.0. The molecule has 0 aromatic carbocycles. The van der Waals surface area contributed by atoms with Gasteiger partial charge in [0.15, 0.2) is 0 Å². The maximum absolute atomic E-state index is 11.3. The Kier molecular flexibility index (Phi) is 5.88. The van der Waals surface area contributed by atoms with Gasteiger partial charge in [-0.2, -0.15) is 0 Å². The molecule has 1 aromatic rings. The van der Waals surface area contributed by atoms with Crippen LogP contribution < -0.4 is 11.5 Å². The number of aromatic nitrogens is 2.